The van der Waals surface area contributed by atoms with Crippen molar-refractivity contribution in [3.63, 3.8) is 0 Å². The largest absolute Gasteiger partial charge is 0.481 e. The smallest absolute Gasteiger partial charge is 0.319 e. The van der Waals surface area contributed by atoms with E-state index < -0.39 is 5.97 Å². The van der Waals surface area contributed by atoms with E-state index in [1.165, 1.54) is 19.3 Å². The summed E-state index contributed by atoms with van der Waals surface area (Å²) < 4.78 is 0. The van der Waals surface area contributed by atoms with Crippen LogP contribution in [0.3, 0.4) is 0 Å². The molecule has 2 aliphatic rings. The third kappa shape index (κ3) is 4.10. The van der Waals surface area contributed by atoms with Crippen LogP contribution in [0.4, 0.5) is 4.79 Å². The third-order valence-electron chi connectivity index (χ3n) is 4.37. The quantitative estimate of drug-likeness (QED) is 0.815. The molecular formula is C14H25N3O3. The van der Waals surface area contributed by atoms with Gasteiger partial charge in [0, 0.05) is 46.3 Å². The normalized spacial score (nSPS) is 20.6. The highest BCUT2D eigenvalue weighted by Gasteiger charge is 2.26. The van der Waals surface area contributed by atoms with Crippen LogP contribution in [-0.4, -0.2) is 78.1 Å². The van der Waals surface area contributed by atoms with E-state index in [0.717, 1.165) is 19.6 Å². The molecule has 1 N–H and O–H groups in total. The van der Waals surface area contributed by atoms with Gasteiger partial charge in [-0.3, -0.25) is 9.69 Å². The molecule has 0 aromatic heterocycles. The minimum atomic E-state index is -0.760. The van der Waals surface area contributed by atoms with Gasteiger partial charge in [0.05, 0.1) is 6.42 Å². The van der Waals surface area contributed by atoms with Gasteiger partial charge in [-0.15, -0.1) is 0 Å². The topological polar surface area (TPSA) is 64.1 Å². The van der Waals surface area contributed by atoms with E-state index in [2.05, 4.69) is 4.90 Å². The van der Waals surface area contributed by atoms with Gasteiger partial charge >= 0.3 is 12.0 Å². The van der Waals surface area contributed by atoms with Gasteiger partial charge < -0.3 is 14.9 Å². The molecule has 114 valence electrons. The van der Waals surface area contributed by atoms with Crippen molar-refractivity contribution < 1.29 is 14.7 Å². The minimum Gasteiger partial charge on any atom is -0.481 e. The SMILES string of the molecule is CN(CC1CCC1)C(=O)N1CCN(CCC(=O)O)CC1. The van der Waals surface area contributed by atoms with E-state index in [0.29, 0.717) is 25.6 Å². The Morgan fingerprint density at radius 1 is 1.20 bits per heavy atom. The highest BCUT2D eigenvalue weighted by molar-refractivity contribution is 5.74. The number of nitrogens with zero attached hydrogens (tertiary/aromatic N) is 3. The maximum Gasteiger partial charge on any atom is 0.319 e. The van der Waals surface area contributed by atoms with Crippen molar-refractivity contribution in [2.75, 3.05) is 46.3 Å². The van der Waals surface area contributed by atoms with Crippen molar-refractivity contribution in [2.24, 2.45) is 5.92 Å². The van der Waals surface area contributed by atoms with Crippen LogP contribution in [0.5, 0.6) is 0 Å². The number of hydrogen-bond donors (Lipinski definition) is 1. The number of carbonyl (C=O) groups excluding carboxylic acids is 1. The van der Waals surface area contributed by atoms with E-state index in [9.17, 15) is 9.59 Å². The van der Waals surface area contributed by atoms with Crippen LogP contribution in [0.2, 0.25) is 0 Å². The van der Waals surface area contributed by atoms with Gasteiger partial charge in [0.2, 0.25) is 0 Å². The molecular weight excluding hydrogens is 258 g/mol. The molecule has 1 heterocycles. The summed E-state index contributed by atoms with van der Waals surface area (Å²) in [6, 6.07) is 0.120. The zero-order valence-electron chi connectivity index (χ0n) is 12.3. The Morgan fingerprint density at radius 2 is 1.85 bits per heavy atom. The standard InChI is InChI=1S/C14H25N3O3/c1-15(11-12-3-2-4-12)14(20)17-9-7-16(8-10-17)6-5-13(18)19/h12H,2-11H2,1H3,(H,18,19). The number of piperazine rings is 1. The summed E-state index contributed by atoms with van der Waals surface area (Å²) >= 11 is 0. The summed E-state index contributed by atoms with van der Waals surface area (Å²) in [7, 11) is 1.89. The van der Waals surface area contributed by atoms with E-state index >= 15 is 0 Å². The number of carboxylic acids is 1. The minimum absolute atomic E-state index is 0.120. The first-order chi connectivity index (χ1) is 9.56. The van der Waals surface area contributed by atoms with E-state index in [-0.39, 0.29) is 12.5 Å². The summed E-state index contributed by atoms with van der Waals surface area (Å²) in [6.45, 7) is 4.40. The van der Waals surface area contributed by atoms with E-state index in [1.54, 1.807) is 0 Å². The Balaban J connectivity index is 1.69. The summed E-state index contributed by atoms with van der Waals surface area (Å²) in [5, 5.41) is 8.67. The molecule has 6 heteroatoms. The molecule has 2 fully saturated rings. The molecule has 1 aliphatic carbocycles. The molecule has 0 atom stereocenters. The predicted molar refractivity (Wildman–Crippen MR) is 75.6 cm³/mol. The molecule has 0 bridgehead atoms. The Hall–Kier alpha value is -1.30. The first-order valence-corrected chi connectivity index (χ1v) is 7.50. The monoisotopic (exact) mass is 283 g/mol. The van der Waals surface area contributed by atoms with Gasteiger partial charge in [-0.05, 0) is 18.8 Å². The number of rotatable bonds is 5. The van der Waals surface area contributed by atoms with Crippen LogP contribution >= 0.6 is 0 Å². The molecule has 1 saturated carbocycles. The first-order valence-electron chi connectivity index (χ1n) is 7.50. The lowest BCUT2D eigenvalue weighted by atomic mass is 9.85. The molecule has 0 radical (unpaired) electrons. The number of urea groups is 1. The first kappa shape index (κ1) is 15.1. The Kier molecular flexibility index (Phi) is 5.23. The molecule has 0 spiro atoms. The lowest BCUT2D eigenvalue weighted by Gasteiger charge is -2.38. The zero-order chi connectivity index (χ0) is 14.5. The fourth-order valence-corrected chi connectivity index (χ4v) is 2.80. The van der Waals surface area contributed by atoms with Crippen LogP contribution in [0.1, 0.15) is 25.7 Å². The van der Waals surface area contributed by atoms with Gasteiger partial charge in [-0.1, -0.05) is 6.42 Å². The maximum absolute atomic E-state index is 12.3. The van der Waals surface area contributed by atoms with Crippen LogP contribution in [0.25, 0.3) is 0 Å². The molecule has 1 aliphatic heterocycles. The van der Waals surface area contributed by atoms with Gasteiger partial charge in [0.25, 0.3) is 0 Å². The Bertz CT molecular complexity index is 350. The third-order valence-corrected chi connectivity index (χ3v) is 4.37. The second-order valence-electron chi connectivity index (χ2n) is 5.93. The number of carboxylic acid groups (broad SMARTS) is 1. The van der Waals surface area contributed by atoms with Crippen molar-refractivity contribution >= 4 is 12.0 Å². The van der Waals surface area contributed by atoms with Crippen molar-refractivity contribution in [3.8, 4) is 0 Å². The summed E-state index contributed by atoms with van der Waals surface area (Å²) in [6.07, 6.45) is 3.98. The van der Waals surface area contributed by atoms with Gasteiger partial charge in [-0.25, -0.2) is 4.79 Å². The second-order valence-corrected chi connectivity index (χ2v) is 5.93. The average Bonchev–Trinajstić information content (AvgIpc) is 2.40. The summed E-state index contributed by atoms with van der Waals surface area (Å²) in [4.78, 5) is 28.7. The second kappa shape index (κ2) is 6.92. The van der Waals surface area contributed by atoms with Gasteiger partial charge in [-0.2, -0.15) is 0 Å². The van der Waals surface area contributed by atoms with Crippen molar-refractivity contribution in [1.82, 2.24) is 14.7 Å². The summed E-state index contributed by atoms with van der Waals surface area (Å²) in [5.74, 6) is -0.0652. The lowest BCUT2D eigenvalue weighted by Crippen LogP contribution is -2.53. The highest BCUT2D eigenvalue weighted by Crippen LogP contribution is 2.27. The molecule has 6 nitrogen and oxygen atoms in total. The molecule has 2 rings (SSSR count). The predicted octanol–water partition coefficient (Wildman–Crippen LogP) is 0.931. The molecule has 0 aromatic carbocycles. The fraction of sp³-hybridized carbons (Fsp3) is 0.857. The number of hydrogen-bond acceptors (Lipinski definition) is 3. The van der Waals surface area contributed by atoms with Crippen molar-refractivity contribution in [3.05, 3.63) is 0 Å². The Morgan fingerprint density at radius 3 is 2.35 bits per heavy atom. The number of aliphatic carboxylic acids is 1. The molecule has 0 unspecified atom stereocenters. The molecule has 0 aromatic rings. The maximum atomic E-state index is 12.3. The van der Waals surface area contributed by atoms with Crippen LogP contribution in [0, 0.1) is 5.92 Å². The molecule has 1 saturated heterocycles. The summed E-state index contributed by atoms with van der Waals surface area (Å²) in [5.41, 5.74) is 0. The zero-order valence-corrected chi connectivity index (χ0v) is 12.3. The highest BCUT2D eigenvalue weighted by atomic mass is 16.4. The Labute approximate surface area is 120 Å². The van der Waals surface area contributed by atoms with Crippen LogP contribution in [-0.2, 0) is 4.79 Å². The molecule has 20 heavy (non-hydrogen) atoms. The van der Waals surface area contributed by atoms with E-state index in [4.69, 9.17) is 5.11 Å². The van der Waals surface area contributed by atoms with Crippen LogP contribution in [0.15, 0.2) is 0 Å². The number of carbonyl (C=O) groups is 2. The molecule has 2 amide bonds. The lowest BCUT2D eigenvalue weighted by molar-refractivity contribution is -0.137. The fourth-order valence-electron chi connectivity index (χ4n) is 2.80. The average molecular weight is 283 g/mol. The van der Waals surface area contributed by atoms with Crippen LogP contribution < -0.4 is 0 Å². The van der Waals surface area contributed by atoms with Gasteiger partial charge in [0.15, 0.2) is 0 Å². The number of amides is 2. The van der Waals surface area contributed by atoms with Gasteiger partial charge in [0.1, 0.15) is 0 Å². The van der Waals surface area contributed by atoms with E-state index in [1.807, 2.05) is 16.8 Å². The van der Waals surface area contributed by atoms with Crippen molar-refractivity contribution in [2.45, 2.75) is 25.7 Å². The van der Waals surface area contributed by atoms with Crippen molar-refractivity contribution in [1.29, 1.82) is 0 Å².